The van der Waals surface area contributed by atoms with Crippen molar-refractivity contribution >= 4 is 29.6 Å². The molecule has 0 aliphatic carbocycles. The number of nitrogens with one attached hydrogen (secondary N) is 2. The Kier molecular flexibility index (Phi) is 9.31. The van der Waals surface area contributed by atoms with E-state index in [-0.39, 0.29) is 12.3 Å². The topological polar surface area (TPSA) is 101 Å². The fourth-order valence-electron chi connectivity index (χ4n) is 3.85. The molecule has 12 heteroatoms. The lowest BCUT2D eigenvalue weighted by molar-refractivity contribution is -0.137. The number of rotatable bonds is 9. The Morgan fingerprint density at radius 2 is 1.92 bits per heavy atom. The van der Waals surface area contributed by atoms with Crippen molar-refractivity contribution in [3.63, 3.8) is 0 Å². The summed E-state index contributed by atoms with van der Waals surface area (Å²) in [6, 6.07) is 14.1. The highest BCUT2D eigenvalue weighted by Crippen LogP contribution is 2.30. The zero-order valence-electron chi connectivity index (χ0n) is 21.4. The van der Waals surface area contributed by atoms with Gasteiger partial charge in [0.1, 0.15) is 11.6 Å². The van der Waals surface area contributed by atoms with Crippen LogP contribution in [0, 0.1) is 6.92 Å². The second-order valence-electron chi connectivity index (χ2n) is 8.85. The van der Waals surface area contributed by atoms with E-state index in [1.54, 1.807) is 6.21 Å². The summed E-state index contributed by atoms with van der Waals surface area (Å²) in [7, 11) is 0. The molecule has 1 fully saturated rings. The van der Waals surface area contributed by atoms with Gasteiger partial charge in [0, 0.05) is 31.3 Å². The molecule has 0 bridgehead atoms. The van der Waals surface area contributed by atoms with Crippen molar-refractivity contribution in [1.82, 2.24) is 9.97 Å². The molecule has 0 saturated carbocycles. The van der Waals surface area contributed by atoms with E-state index >= 15 is 0 Å². The van der Waals surface area contributed by atoms with Crippen LogP contribution in [0.1, 0.15) is 28.9 Å². The van der Waals surface area contributed by atoms with Crippen molar-refractivity contribution in [2.75, 3.05) is 48.6 Å². The smallest absolute Gasteiger partial charge is 0.416 e. The van der Waals surface area contributed by atoms with Gasteiger partial charge in [-0.05, 0) is 37.1 Å². The van der Waals surface area contributed by atoms with Crippen molar-refractivity contribution in [2.45, 2.75) is 25.9 Å². The van der Waals surface area contributed by atoms with Crippen LogP contribution in [-0.2, 0) is 22.1 Å². The average Bonchev–Trinajstić information content (AvgIpc) is 2.91. The molecule has 0 unspecified atom stereocenters. The van der Waals surface area contributed by atoms with Gasteiger partial charge in [-0.2, -0.15) is 18.3 Å². The molecule has 1 amide bonds. The number of alkyl halides is 3. The number of aromatic nitrogens is 2. The quantitative estimate of drug-likeness (QED) is 0.216. The van der Waals surface area contributed by atoms with E-state index in [2.05, 4.69) is 30.7 Å². The zero-order valence-corrected chi connectivity index (χ0v) is 21.4. The van der Waals surface area contributed by atoms with E-state index < -0.39 is 17.8 Å². The molecular weight excluding hydrogens is 513 g/mol. The summed E-state index contributed by atoms with van der Waals surface area (Å²) in [5, 5.41) is 6.62. The predicted octanol–water partition coefficient (Wildman–Crippen LogP) is 5.27. The van der Waals surface area contributed by atoms with Crippen LogP contribution in [0.5, 0.6) is 0 Å². The maximum absolute atomic E-state index is 12.9. The maximum Gasteiger partial charge on any atom is 0.416 e. The minimum absolute atomic E-state index is 0.00157. The number of hydrazone groups is 1. The summed E-state index contributed by atoms with van der Waals surface area (Å²) in [6.07, 6.45) is -2.82. The number of anilines is 3. The minimum atomic E-state index is -4.50. The van der Waals surface area contributed by atoms with Gasteiger partial charge in [0.25, 0.3) is 0 Å². The zero-order chi connectivity index (χ0) is 27.7. The lowest BCUT2D eigenvalue weighted by Gasteiger charge is -2.28. The molecule has 1 aliphatic heterocycles. The van der Waals surface area contributed by atoms with Gasteiger partial charge in [-0.15, -0.1) is 0 Å². The van der Waals surface area contributed by atoms with E-state index in [0.717, 1.165) is 29.1 Å². The van der Waals surface area contributed by atoms with Gasteiger partial charge in [-0.25, -0.2) is 14.8 Å². The van der Waals surface area contributed by atoms with E-state index in [1.165, 1.54) is 12.1 Å². The SMILES string of the molecule is Cc1cccc(/C=N/Nc2cc(N3CCOCC3)nc(CCCOC(=O)Nc3cccc(C(F)(F)F)c3)n2)c1. The monoisotopic (exact) mass is 542 g/mol. The maximum atomic E-state index is 12.9. The molecule has 1 aromatic heterocycles. The molecule has 2 N–H and O–H groups in total. The van der Waals surface area contributed by atoms with Gasteiger partial charge >= 0.3 is 12.3 Å². The normalized spacial score (nSPS) is 13.9. The third kappa shape index (κ3) is 8.67. The largest absolute Gasteiger partial charge is 0.449 e. The van der Waals surface area contributed by atoms with Crippen molar-refractivity contribution in [1.29, 1.82) is 0 Å². The molecule has 2 heterocycles. The molecule has 9 nitrogen and oxygen atoms in total. The number of hydrogen-bond donors (Lipinski definition) is 2. The number of nitrogens with zero attached hydrogens (tertiary/aromatic N) is 4. The first-order valence-electron chi connectivity index (χ1n) is 12.4. The summed E-state index contributed by atoms with van der Waals surface area (Å²) < 4.78 is 49.2. The molecular formula is C27H29F3N6O3. The van der Waals surface area contributed by atoms with Crippen LogP contribution in [0.3, 0.4) is 0 Å². The number of ether oxygens (including phenoxy) is 2. The van der Waals surface area contributed by atoms with Gasteiger partial charge in [-0.1, -0.05) is 35.9 Å². The predicted molar refractivity (Wildman–Crippen MR) is 142 cm³/mol. The second kappa shape index (κ2) is 13.1. The fourth-order valence-corrected chi connectivity index (χ4v) is 3.85. The molecule has 0 radical (unpaired) electrons. The summed E-state index contributed by atoms with van der Waals surface area (Å²) in [5.41, 5.74) is 4.19. The first kappa shape index (κ1) is 27.8. The molecule has 4 rings (SSSR count). The fraction of sp³-hybridized carbons (Fsp3) is 0.333. The van der Waals surface area contributed by atoms with Crippen LogP contribution in [0.4, 0.5) is 35.3 Å². The van der Waals surface area contributed by atoms with E-state index in [4.69, 9.17) is 9.47 Å². The first-order chi connectivity index (χ1) is 18.8. The lowest BCUT2D eigenvalue weighted by Crippen LogP contribution is -2.37. The number of hydrogen-bond acceptors (Lipinski definition) is 8. The van der Waals surface area contributed by atoms with Crippen molar-refractivity contribution < 1.29 is 27.4 Å². The Labute approximate surface area is 224 Å². The van der Waals surface area contributed by atoms with Crippen LogP contribution in [0.2, 0.25) is 0 Å². The molecule has 206 valence electrons. The van der Waals surface area contributed by atoms with Gasteiger partial charge in [0.2, 0.25) is 0 Å². The number of aryl methyl sites for hydroxylation is 2. The first-order valence-corrected chi connectivity index (χ1v) is 12.4. The standard InChI is InChI=1S/C27H29F3N6O3/c1-19-5-2-6-20(15-19)18-31-35-24-17-25(36-10-13-38-14-11-36)34-23(33-24)9-4-12-39-26(37)32-22-8-3-7-21(16-22)27(28,29)30/h2-3,5-8,15-18H,4,9-14H2,1H3,(H,32,37)(H,33,34,35)/b31-18+. The van der Waals surface area contributed by atoms with E-state index in [0.29, 0.717) is 50.8 Å². The van der Waals surface area contributed by atoms with Gasteiger partial charge in [-0.3, -0.25) is 10.7 Å². The van der Waals surface area contributed by atoms with Crippen LogP contribution in [0.25, 0.3) is 0 Å². The highest BCUT2D eigenvalue weighted by molar-refractivity contribution is 5.84. The lowest BCUT2D eigenvalue weighted by atomic mass is 10.2. The highest BCUT2D eigenvalue weighted by Gasteiger charge is 2.30. The Morgan fingerprint density at radius 3 is 2.69 bits per heavy atom. The van der Waals surface area contributed by atoms with Crippen LogP contribution < -0.4 is 15.6 Å². The van der Waals surface area contributed by atoms with Crippen molar-refractivity contribution in [2.24, 2.45) is 5.10 Å². The van der Waals surface area contributed by atoms with Gasteiger partial charge in [0.05, 0.1) is 31.6 Å². The Balaban J connectivity index is 1.34. The summed E-state index contributed by atoms with van der Waals surface area (Å²) in [6.45, 7) is 4.63. The molecule has 0 spiro atoms. The Bertz CT molecular complexity index is 1300. The summed E-state index contributed by atoms with van der Waals surface area (Å²) in [5.74, 6) is 1.79. The van der Waals surface area contributed by atoms with E-state index in [9.17, 15) is 18.0 Å². The summed E-state index contributed by atoms with van der Waals surface area (Å²) in [4.78, 5) is 23.4. The number of morpholine rings is 1. The molecule has 1 saturated heterocycles. The van der Waals surface area contributed by atoms with Crippen LogP contribution in [0.15, 0.2) is 59.7 Å². The Morgan fingerprint density at radius 1 is 1.13 bits per heavy atom. The number of halogens is 3. The second-order valence-corrected chi connectivity index (χ2v) is 8.85. The highest BCUT2D eigenvalue weighted by atomic mass is 19.4. The number of carbonyl (C=O) groups is 1. The number of benzene rings is 2. The molecule has 3 aromatic rings. The third-order valence-electron chi connectivity index (χ3n) is 5.74. The minimum Gasteiger partial charge on any atom is -0.449 e. The number of carbonyl (C=O) groups excluding carboxylic acids is 1. The van der Waals surface area contributed by atoms with E-state index in [1.807, 2.05) is 37.3 Å². The molecule has 39 heavy (non-hydrogen) atoms. The van der Waals surface area contributed by atoms with Crippen molar-refractivity contribution in [3.8, 4) is 0 Å². The molecule has 2 aromatic carbocycles. The Hall–Kier alpha value is -4.19. The molecule has 1 aliphatic rings. The van der Waals surface area contributed by atoms with Crippen LogP contribution in [-0.4, -0.2) is 55.2 Å². The summed E-state index contributed by atoms with van der Waals surface area (Å²) >= 11 is 0. The average molecular weight is 543 g/mol. The van der Waals surface area contributed by atoms with Crippen molar-refractivity contribution in [3.05, 3.63) is 77.1 Å². The van der Waals surface area contributed by atoms with Gasteiger partial charge < -0.3 is 14.4 Å². The number of amides is 1. The van der Waals surface area contributed by atoms with Crippen LogP contribution >= 0.6 is 0 Å². The van der Waals surface area contributed by atoms with Gasteiger partial charge in [0.15, 0.2) is 5.82 Å². The third-order valence-corrected chi connectivity index (χ3v) is 5.74. The molecule has 0 atom stereocenters.